The third-order valence-corrected chi connectivity index (χ3v) is 13.3. The maximum absolute atomic E-state index is 12.7. The molecule has 1 heterocycles. The molecule has 0 bridgehead atoms. The van der Waals surface area contributed by atoms with Gasteiger partial charge in [-0.05, 0) is 65.7 Å². The van der Waals surface area contributed by atoms with Crippen molar-refractivity contribution in [1.29, 1.82) is 0 Å². The molecule has 1 N–H and O–H groups in total. The monoisotopic (exact) mass is 474 g/mol. The second-order valence-corrected chi connectivity index (χ2v) is 16.4. The fraction of sp³-hybridized carbons (Fsp3) is 0.417. The summed E-state index contributed by atoms with van der Waals surface area (Å²) in [4.78, 5) is 0.226. The van der Waals surface area contributed by atoms with E-state index in [2.05, 4.69) is 55.1 Å². The van der Waals surface area contributed by atoms with Gasteiger partial charge in [-0.1, -0.05) is 33.9 Å². The molecule has 0 atom stereocenters. The second kappa shape index (κ2) is 8.92. The van der Waals surface area contributed by atoms with Gasteiger partial charge < -0.3 is 13.7 Å². The van der Waals surface area contributed by atoms with Crippen molar-refractivity contribution in [2.24, 2.45) is 0 Å². The molecule has 0 saturated carbocycles. The van der Waals surface area contributed by atoms with Gasteiger partial charge in [0.1, 0.15) is 11.5 Å². The topological polar surface area (TPSA) is 69.6 Å². The van der Waals surface area contributed by atoms with Crippen LogP contribution in [0.25, 0.3) is 10.9 Å². The third kappa shape index (κ3) is 4.72. The number of ether oxygens (including phenoxy) is 2. The van der Waals surface area contributed by atoms with Crippen LogP contribution in [0.2, 0.25) is 18.1 Å². The summed E-state index contributed by atoms with van der Waals surface area (Å²) in [5.41, 5.74) is 2.28. The van der Waals surface area contributed by atoms with Crippen LogP contribution >= 0.6 is 0 Å². The molecule has 3 rings (SSSR count). The third-order valence-electron chi connectivity index (χ3n) is 6.59. The van der Waals surface area contributed by atoms with Crippen molar-refractivity contribution in [1.82, 2.24) is 8.95 Å². The van der Waals surface area contributed by atoms with Gasteiger partial charge in [0.2, 0.25) is 10.0 Å². The Bertz CT molecular complexity index is 1190. The van der Waals surface area contributed by atoms with Crippen molar-refractivity contribution in [2.75, 3.05) is 20.8 Å². The van der Waals surface area contributed by atoms with E-state index in [9.17, 15) is 8.42 Å². The Hall–Kier alpha value is -2.29. The Morgan fingerprint density at radius 3 is 2.12 bits per heavy atom. The molecule has 0 unspecified atom stereocenters. The van der Waals surface area contributed by atoms with Crippen LogP contribution in [0.3, 0.4) is 0 Å². The quantitative estimate of drug-likeness (QED) is 0.465. The number of hydrogen-bond donors (Lipinski definition) is 1. The zero-order valence-electron chi connectivity index (χ0n) is 20.0. The largest absolute Gasteiger partial charge is 0.497 e. The normalized spacial score (nSPS) is 12.8. The first kappa shape index (κ1) is 24.4. The number of methoxy groups -OCH3 is 2. The first-order valence-electron chi connectivity index (χ1n) is 10.7. The van der Waals surface area contributed by atoms with Crippen LogP contribution in [-0.4, -0.2) is 41.7 Å². The van der Waals surface area contributed by atoms with Crippen LogP contribution in [0.1, 0.15) is 26.3 Å². The number of nitrogens with zero attached hydrogens (tertiary/aromatic N) is 1. The molecule has 6 nitrogen and oxygen atoms in total. The van der Waals surface area contributed by atoms with Crippen molar-refractivity contribution in [2.45, 2.75) is 50.2 Å². The highest BCUT2D eigenvalue weighted by molar-refractivity contribution is 7.89. The van der Waals surface area contributed by atoms with Crippen molar-refractivity contribution in [3.8, 4) is 11.5 Å². The minimum Gasteiger partial charge on any atom is -0.497 e. The molecule has 0 aliphatic carbocycles. The lowest BCUT2D eigenvalue weighted by atomic mass is 10.1. The van der Waals surface area contributed by atoms with E-state index in [-0.39, 0.29) is 9.93 Å². The van der Waals surface area contributed by atoms with E-state index in [0.717, 1.165) is 16.7 Å². The van der Waals surface area contributed by atoms with Crippen molar-refractivity contribution < 1.29 is 17.9 Å². The summed E-state index contributed by atoms with van der Waals surface area (Å²) < 4.78 is 41.2. The molecule has 2 aromatic carbocycles. The van der Waals surface area contributed by atoms with Gasteiger partial charge in [-0.2, -0.15) is 0 Å². The SMILES string of the molecule is COc1ccc(S(=O)(=O)NCCc2cn([Si](C)(C)C(C)(C)C)c3ccc(OC)cc23)cc1. The number of fused-ring (bicyclic) bond motifs is 1. The fourth-order valence-corrected chi connectivity index (χ4v) is 6.62. The van der Waals surface area contributed by atoms with Gasteiger partial charge in [0.05, 0.1) is 19.1 Å². The molecule has 0 amide bonds. The zero-order chi connectivity index (χ0) is 23.7. The lowest BCUT2D eigenvalue weighted by molar-refractivity contribution is 0.414. The van der Waals surface area contributed by atoms with E-state index in [0.29, 0.717) is 18.7 Å². The molecule has 174 valence electrons. The maximum atomic E-state index is 12.7. The van der Waals surface area contributed by atoms with Crippen LogP contribution in [0, 0.1) is 0 Å². The highest BCUT2D eigenvalue weighted by Crippen LogP contribution is 2.40. The van der Waals surface area contributed by atoms with Crippen LogP contribution in [-0.2, 0) is 16.4 Å². The lowest BCUT2D eigenvalue weighted by Crippen LogP contribution is -2.44. The molecule has 0 fully saturated rings. The predicted octanol–water partition coefficient (Wildman–Crippen LogP) is 5.03. The molecule has 3 aromatic rings. The van der Waals surface area contributed by atoms with E-state index in [4.69, 9.17) is 9.47 Å². The first-order valence-corrected chi connectivity index (χ1v) is 15.2. The molecular weight excluding hydrogens is 440 g/mol. The average Bonchev–Trinajstić information content (AvgIpc) is 3.11. The maximum Gasteiger partial charge on any atom is 0.240 e. The van der Waals surface area contributed by atoms with Gasteiger partial charge in [-0.3, -0.25) is 0 Å². The average molecular weight is 475 g/mol. The molecule has 0 spiro atoms. The number of hydrogen-bond acceptors (Lipinski definition) is 4. The second-order valence-electron chi connectivity index (χ2n) is 9.54. The molecule has 0 aliphatic heterocycles. The van der Waals surface area contributed by atoms with E-state index in [1.165, 1.54) is 5.52 Å². The Balaban J connectivity index is 1.89. The summed E-state index contributed by atoms with van der Waals surface area (Å²) in [6, 6.07) is 12.5. The van der Waals surface area contributed by atoms with Crippen LogP contribution < -0.4 is 14.2 Å². The van der Waals surface area contributed by atoms with Crippen molar-refractivity contribution in [3.05, 3.63) is 54.2 Å². The Morgan fingerprint density at radius 1 is 0.969 bits per heavy atom. The van der Waals surface area contributed by atoms with Gasteiger partial charge >= 0.3 is 0 Å². The zero-order valence-corrected chi connectivity index (χ0v) is 21.8. The smallest absolute Gasteiger partial charge is 0.240 e. The highest BCUT2D eigenvalue weighted by Gasteiger charge is 2.38. The van der Waals surface area contributed by atoms with Crippen LogP contribution in [0.5, 0.6) is 11.5 Å². The standard InChI is InChI=1S/C24H34N2O4SSi/c1-24(2,3)32(6,7)26-17-18(22-16-20(30-5)10-13-23(22)26)14-15-25-31(27,28)21-11-8-19(29-4)9-12-21/h8-13,16-17,25H,14-15H2,1-7H3. The van der Waals surface area contributed by atoms with E-state index in [1.807, 2.05) is 12.1 Å². The minimum atomic E-state index is -3.59. The number of sulfonamides is 1. The van der Waals surface area contributed by atoms with Gasteiger partial charge in [-0.15, -0.1) is 0 Å². The van der Waals surface area contributed by atoms with Gasteiger partial charge in [0.15, 0.2) is 8.24 Å². The van der Waals surface area contributed by atoms with E-state index in [1.54, 1.807) is 38.5 Å². The molecular formula is C24H34N2O4SSi. The number of benzene rings is 2. The molecule has 8 heteroatoms. The minimum absolute atomic E-state index is 0.159. The first-order chi connectivity index (χ1) is 14.9. The summed E-state index contributed by atoms with van der Waals surface area (Å²) in [6.45, 7) is 11.9. The van der Waals surface area contributed by atoms with Crippen LogP contribution in [0.15, 0.2) is 53.6 Å². The Labute approximate surface area is 192 Å². The Kier molecular flexibility index (Phi) is 6.79. The van der Waals surface area contributed by atoms with Gasteiger partial charge in [0.25, 0.3) is 0 Å². The molecule has 1 aromatic heterocycles. The highest BCUT2D eigenvalue weighted by atomic mass is 32.2. The molecule has 0 radical (unpaired) electrons. The number of nitrogens with one attached hydrogen (secondary N) is 1. The summed E-state index contributed by atoms with van der Waals surface area (Å²) in [5, 5.41) is 1.27. The lowest BCUT2D eigenvalue weighted by Gasteiger charge is -2.38. The molecule has 32 heavy (non-hydrogen) atoms. The van der Waals surface area contributed by atoms with Gasteiger partial charge in [-0.25, -0.2) is 13.1 Å². The Morgan fingerprint density at radius 2 is 1.56 bits per heavy atom. The van der Waals surface area contributed by atoms with Crippen molar-refractivity contribution >= 4 is 29.2 Å². The fourth-order valence-electron chi connectivity index (χ4n) is 3.59. The van der Waals surface area contributed by atoms with Crippen LogP contribution in [0.4, 0.5) is 0 Å². The molecule has 0 aliphatic rings. The number of aromatic nitrogens is 1. The summed E-state index contributed by atoms with van der Waals surface area (Å²) in [7, 11) is -2.25. The molecule has 0 saturated heterocycles. The van der Waals surface area contributed by atoms with E-state index < -0.39 is 18.3 Å². The summed E-state index contributed by atoms with van der Waals surface area (Å²) >= 11 is 0. The van der Waals surface area contributed by atoms with Crippen molar-refractivity contribution in [3.63, 3.8) is 0 Å². The summed E-state index contributed by atoms with van der Waals surface area (Å²) in [5.74, 6) is 1.42. The number of rotatable bonds is 8. The van der Waals surface area contributed by atoms with Gasteiger partial charge in [0, 0.05) is 17.4 Å². The predicted molar refractivity (Wildman–Crippen MR) is 133 cm³/mol. The summed E-state index contributed by atoms with van der Waals surface area (Å²) in [6.07, 6.45) is 2.80. The van der Waals surface area contributed by atoms with E-state index >= 15 is 0 Å².